The number of ketones is 1. The number of rotatable bonds is 7. The predicted molar refractivity (Wildman–Crippen MR) is 79.7 cm³/mol. The lowest BCUT2D eigenvalue weighted by atomic mass is 10.2. The molecule has 0 saturated heterocycles. The molecule has 0 aliphatic carbocycles. The first-order chi connectivity index (χ1) is 10.2. The first kappa shape index (κ1) is 14.8. The Morgan fingerprint density at radius 2 is 2.00 bits per heavy atom. The van der Waals surface area contributed by atoms with Gasteiger partial charge in [0.15, 0.2) is 5.78 Å². The van der Waals surface area contributed by atoms with E-state index in [-0.39, 0.29) is 11.7 Å². The second-order valence-electron chi connectivity index (χ2n) is 4.63. The summed E-state index contributed by atoms with van der Waals surface area (Å²) in [4.78, 5) is 25.8. The van der Waals surface area contributed by atoms with Gasteiger partial charge in [0.2, 0.25) is 0 Å². The fourth-order valence-electron chi connectivity index (χ4n) is 1.80. The van der Waals surface area contributed by atoms with Crippen molar-refractivity contribution in [2.75, 3.05) is 13.2 Å². The highest BCUT2D eigenvalue weighted by Gasteiger charge is 2.09. The molecule has 5 nitrogen and oxygen atoms in total. The number of amides is 1. The predicted octanol–water partition coefficient (Wildman–Crippen LogP) is 2.42. The van der Waals surface area contributed by atoms with Gasteiger partial charge in [0.25, 0.3) is 5.91 Å². The number of carbonyl (C=O) groups is 2. The average Bonchev–Trinajstić information content (AvgIpc) is 2.98. The molecule has 0 aliphatic rings. The van der Waals surface area contributed by atoms with Crippen molar-refractivity contribution in [1.82, 2.24) is 10.3 Å². The van der Waals surface area contributed by atoms with E-state index in [9.17, 15) is 9.59 Å². The van der Waals surface area contributed by atoms with Gasteiger partial charge in [-0.1, -0.05) is 18.2 Å². The summed E-state index contributed by atoms with van der Waals surface area (Å²) >= 11 is 0. The second kappa shape index (κ2) is 7.28. The van der Waals surface area contributed by atoms with Gasteiger partial charge < -0.3 is 15.0 Å². The van der Waals surface area contributed by atoms with Crippen LogP contribution in [0.5, 0.6) is 5.75 Å². The first-order valence-corrected chi connectivity index (χ1v) is 6.82. The van der Waals surface area contributed by atoms with Crippen molar-refractivity contribution < 1.29 is 14.3 Å². The molecule has 2 aromatic rings. The SMILES string of the molecule is CC(=O)c1c[nH]c(C(=O)NCCCOc2ccccc2)c1. The first-order valence-electron chi connectivity index (χ1n) is 6.82. The van der Waals surface area contributed by atoms with Gasteiger partial charge >= 0.3 is 0 Å². The molecule has 0 aliphatic heterocycles. The zero-order valence-corrected chi connectivity index (χ0v) is 11.9. The van der Waals surface area contributed by atoms with Gasteiger partial charge in [0.05, 0.1) is 6.61 Å². The summed E-state index contributed by atoms with van der Waals surface area (Å²) in [5, 5.41) is 2.78. The molecule has 2 N–H and O–H groups in total. The minimum Gasteiger partial charge on any atom is -0.494 e. The van der Waals surface area contributed by atoms with Gasteiger partial charge in [-0.2, -0.15) is 0 Å². The van der Waals surface area contributed by atoms with Crippen molar-refractivity contribution in [3.63, 3.8) is 0 Å². The lowest BCUT2D eigenvalue weighted by molar-refractivity contribution is 0.0947. The monoisotopic (exact) mass is 286 g/mol. The van der Waals surface area contributed by atoms with E-state index in [1.807, 2.05) is 30.3 Å². The molecule has 1 heterocycles. The summed E-state index contributed by atoms with van der Waals surface area (Å²) < 4.78 is 5.53. The van der Waals surface area contributed by atoms with Crippen molar-refractivity contribution >= 4 is 11.7 Å². The van der Waals surface area contributed by atoms with Crippen LogP contribution in [0.2, 0.25) is 0 Å². The molecule has 0 radical (unpaired) electrons. The van der Waals surface area contributed by atoms with Crippen molar-refractivity contribution in [3.05, 3.63) is 53.9 Å². The summed E-state index contributed by atoms with van der Waals surface area (Å²) in [6.45, 7) is 2.51. The summed E-state index contributed by atoms with van der Waals surface area (Å²) in [6, 6.07) is 11.1. The topological polar surface area (TPSA) is 71.2 Å². The fraction of sp³-hybridized carbons (Fsp3) is 0.250. The Labute approximate surface area is 123 Å². The highest BCUT2D eigenvalue weighted by atomic mass is 16.5. The number of hydrogen-bond donors (Lipinski definition) is 2. The molecule has 0 atom stereocenters. The minimum absolute atomic E-state index is 0.0680. The smallest absolute Gasteiger partial charge is 0.267 e. The molecule has 2 rings (SSSR count). The number of aromatic nitrogens is 1. The number of benzene rings is 1. The molecule has 110 valence electrons. The van der Waals surface area contributed by atoms with Crippen molar-refractivity contribution in [2.24, 2.45) is 0 Å². The molecule has 0 saturated carbocycles. The molecule has 0 spiro atoms. The molecular formula is C16H18N2O3. The third-order valence-electron chi connectivity index (χ3n) is 2.95. The lowest BCUT2D eigenvalue weighted by Gasteiger charge is -2.06. The van der Waals surface area contributed by atoms with Crippen LogP contribution in [0.4, 0.5) is 0 Å². The van der Waals surface area contributed by atoms with Crippen LogP contribution in [0.15, 0.2) is 42.6 Å². The fourth-order valence-corrected chi connectivity index (χ4v) is 1.80. The van der Waals surface area contributed by atoms with Crippen LogP contribution < -0.4 is 10.1 Å². The van der Waals surface area contributed by atoms with E-state index in [4.69, 9.17) is 4.74 Å². The van der Waals surface area contributed by atoms with Crippen LogP contribution >= 0.6 is 0 Å². The van der Waals surface area contributed by atoms with E-state index in [0.717, 1.165) is 5.75 Å². The van der Waals surface area contributed by atoms with Crippen LogP contribution in [0.1, 0.15) is 34.2 Å². The van der Waals surface area contributed by atoms with Crippen molar-refractivity contribution in [2.45, 2.75) is 13.3 Å². The van der Waals surface area contributed by atoms with Crippen LogP contribution in [-0.2, 0) is 0 Å². The Kier molecular flexibility index (Phi) is 5.15. The normalized spacial score (nSPS) is 10.1. The van der Waals surface area contributed by atoms with Crippen LogP contribution in [-0.4, -0.2) is 29.8 Å². The lowest BCUT2D eigenvalue weighted by Crippen LogP contribution is -2.25. The highest BCUT2D eigenvalue weighted by Crippen LogP contribution is 2.08. The summed E-state index contributed by atoms with van der Waals surface area (Å²) in [5.74, 6) is 0.531. The van der Waals surface area contributed by atoms with Gasteiger partial charge in [-0.15, -0.1) is 0 Å². The van der Waals surface area contributed by atoms with E-state index >= 15 is 0 Å². The van der Waals surface area contributed by atoms with Gasteiger partial charge in [-0.05, 0) is 31.5 Å². The zero-order chi connectivity index (χ0) is 15.1. The van der Waals surface area contributed by atoms with Crippen LogP contribution in [0, 0.1) is 0 Å². The number of hydrogen-bond acceptors (Lipinski definition) is 3. The molecule has 21 heavy (non-hydrogen) atoms. The summed E-state index contributed by atoms with van der Waals surface area (Å²) in [5.41, 5.74) is 0.900. The summed E-state index contributed by atoms with van der Waals surface area (Å²) in [6.07, 6.45) is 2.25. The van der Waals surface area contributed by atoms with Gasteiger partial charge in [0, 0.05) is 18.3 Å². The number of aromatic amines is 1. The quantitative estimate of drug-likeness (QED) is 0.606. The van der Waals surface area contributed by atoms with Gasteiger partial charge in [-0.25, -0.2) is 0 Å². The zero-order valence-electron chi connectivity index (χ0n) is 11.9. The molecule has 1 aromatic heterocycles. The number of Topliss-reactive ketones (excluding diaryl/α,β-unsaturated/α-hetero) is 1. The number of nitrogens with one attached hydrogen (secondary N) is 2. The average molecular weight is 286 g/mol. The second-order valence-corrected chi connectivity index (χ2v) is 4.63. The Morgan fingerprint density at radius 1 is 1.24 bits per heavy atom. The Bertz CT molecular complexity index is 605. The van der Waals surface area contributed by atoms with E-state index < -0.39 is 0 Å². The van der Waals surface area contributed by atoms with E-state index in [0.29, 0.717) is 30.8 Å². The molecule has 1 aromatic carbocycles. The molecular weight excluding hydrogens is 268 g/mol. The van der Waals surface area contributed by atoms with Crippen LogP contribution in [0.25, 0.3) is 0 Å². The standard InChI is InChI=1S/C16H18N2O3/c1-12(19)13-10-15(18-11-13)16(20)17-8-5-9-21-14-6-3-2-4-7-14/h2-4,6-7,10-11,18H,5,8-9H2,1H3,(H,17,20). The van der Waals surface area contributed by atoms with Crippen molar-refractivity contribution in [1.29, 1.82) is 0 Å². The number of para-hydroxylation sites is 1. The number of carbonyl (C=O) groups excluding carboxylic acids is 2. The minimum atomic E-state index is -0.220. The Morgan fingerprint density at radius 3 is 2.67 bits per heavy atom. The van der Waals surface area contributed by atoms with Crippen LogP contribution in [0.3, 0.4) is 0 Å². The van der Waals surface area contributed by atoms with E-state index in [1.54, 1.807) is 6.07 Å². The molecule has 0 bridgehead atoms. The highest BCUT2D eigenvalue weighted by molar-refractivity contribution is 5.99. The van der Waals surface area contributed by atoms with Gasteiger partial charge in [-0.3, -0.25) is 9.59 Å². The summed E-state index contributed by atoms with van der Waals surface area (Å²) in [7, 11) is 0. The number of ether oxygens (including phenoxy) is 1. The maximum absolute atomic E-state index is 11.8. The molecule has 0 fully saturated rings. The third kappa shape index (κ3) is 4.49. The number of H-pyrrole nitrogens is 1. The largest absolute Gasteiger partial charge is 0.494 e. The van der Waals surface area contributed by atoms with Crippen molar-refractivity contribution in [3.8, 4) is 5.75 Å². The Hall–Kier alpha value is -2.56. The maximum atomic E-state index is 11.8. The molecule has 5 heteroatoms. The van der Waals surface area contributed by atoms with E-state index in [2.05, 4.69) is 10.3 Å². The third-order valence-corrected chi connectivity index (χ3v) is 2.95. The van der Waals surface area contributed by atoms with E-state index in [1.165, 1.54) is 13.1 Å². The van der Waals surface area contributed by atoms with Gasteiger partial charge in [0.1, 0.15) is 11.4 Å². The Balaban J connectivity index is 1.68. The maximum Gasteiger partial charge on any atom is 0.267 e. The molecule has 1 amide bonds. The molecule has 0 unspecified atom stereocenters.